The lowest BCUT2D eigenvalue weighted by Crippen LogP contribution is -1.95. The van der Waals surface area contributed by atoms with Crippen LogP contribution in [0.4, 0.5) is 0 Å². The standard InChI is InChI=1S/C15H15NO2/c1-12-5-7-13(8-6-12)11-18-15-4-2-3-14(9-15)10-16-17/h2-10,17H,11H2,1H3. The van der Waals surface area contributed by atoms with Gasteiger partial charge in [0.2, 0.25) is 0 Å². The number of oxime groups is 1. The summed E-state index contributed by atoms with van der Waals surface area (Å²) < 4.78 is 5.68. The first-order valence-electron chi connectivity index (χ1n) is 5.74. The third kappa shape index (κ3) is 3.35. The molecule has 2 rings (SSSR count). The van der Waals surface area contributed by atoms with Gasteiger partial charge in [-0.05, 0) is 30.2 Å². The van der Waals surface area contributed by atoms with E-state index in [0.717, 1.165) is 16.9 Å². The van der Waals surface area contributed by atoms with E-state index >= 15 is 0 Å². The van der Waals surface area contributed by atoms with Crippen LogP contribution in [0.25, 0.3) is 0 Å². The Kier molecular flexibility index (Phi) is 3.97. The third-order valence-electron chi connectivity index (χ3n) is 2.59. The van der Waals surface area contributed by atoms with Crippen LogP contribution in [0.15, 0.2) is 53.7 Å². The first kappa shape index (κ1) is 12.2. The molecule has 0 unspecified atom stereocenters. The van der Waals surface area contributed by atoms with Gasteiger partial charge in [-0.15, -0.1) is 0 Å². The Balaban J connectivity index is 2.01. The van der Waals surface area contributed by atoms with E-state index in [-0.39, 0.29) is 0 Å². The van der Waals surface area contributed by atoms with Crippen LogP contribution in [-0.2, 0) is 6.61 Å². The minimum absolute atomic E-state index is 0.528. The molecule has 3 nitrogen and oxygen atoms in total. The third-order valence-corrected chi connectivity index (χ3v) is 2.59. The van der Waals surface area contributed by atoms with E-state index < -0.39 is 0 Å². The molecule has 0 aromatic heterocycles. The molecule has 0 saturated carbocycles. The SMILES string of the molecule is Cc1ccc(COc2cccc(C=NO)c2)cc1. The Labute approximate surface area is 106 Å². The molecule has 18 heavy (non-hydrogen) atoms. The van der Waals surface area contributed by atoms with Crippen LogP contribution >= 0.6 is 0 Å². The zero-order valence-electron chi connectivity index (χ0n) is 10.2. The summed E-state index contributed by atoms with van der Waals surface area (Å²) >= 11 is 0. The Morgan fingerprint density at radius 3 is 2.67 bits per heavy atom. The van der Waals surface area contributed by atoms with Crippen molar-refractivity contribution >= 4 is 6.21 Å². The fourth-order valence-corrected chi connectivity index (χ4v) is 1.60. The van der Waals surface area contributed by atoms with E-state index in [0.29, 0.717) is 6.61 Å². The Hall–Kier alpha value is -2.29. The van der Waals surface area contributed by atoms with Gasteiger partial charge in [0.15, 0.2) is 0 Å². The topological polar surface area (TPSA) is 41.8 Å². The Morgan fingerprint density at radius 1 is 1.17 bits per heavy atom. The highest BCUT2D eigenvalue weighted by Gasteiger charge is 1.97. The number of ether oxygens (including phenoxy) is 1. The van der Waals surface area contributed by atoms with Crippen LogP contribution in [-0.4, -0.2) is 11.4 Å². The maximum absolute atomic E-state index is 8.47. The van der Waals surface area contributed by atoms with Gasteiger partial charge in [-0.25, -0.2) is 0 Å². The maximum atomic E-state index is 8.47. The van der Waals surface area contributed by atoms with Gasteiger partial charge in [-0.2, -0.15) is 0 Å². The van der Waals surface area contributed by atoms with Gasteiger partial charge in [0.25, 0.3) is 0 Å². The molecule has 2 aromatic rings. The number of nitrogens with zero attached hydrogens (tertiary/aromatic N) is 1. The second kappa shape index (κ2) is 5.87. The van der Waals surface area contributed by atoms with Gasteiger partial charge < -0.3 is 9.94 Å². The van der Waals surface area contributed by atoms with Crippen molar-refractivity contribution in [3.8, 4) is 5.75 Å². The summed E-state index contributed by atoms with van der Waals surface area (Å²) in [6, 6.07) is 15.6. The number of benzene rings is 2. The summed E-state index contributed by atoms with van der Waals surface area (Å²) in [7, 11) is 0. The molecule has 92 valence electrons. The van der Waals surface area contributed by atoms with Gasteiger partial charge in [-0.3, -0.25) is 0 Å². The molecule has 0 amide bonds. The number of hydrogen-bond acceptors (Lipinski definition) is 3. The second-order valence-corrected chi connectivity index (χ2v) is 4.09. The van der Waals surface area contributed by atoms with E-state index in [4.69, 9.17) is 9.94 Å². The van der Waals surface area contributed by atoms with E-state index in [2.05, 4.69) is 24.2 Å². The highest BCUT2D eigenvalue weighted by Crippen LogP contribution is 2.14. The van der Waals surface area contributed by atoms with Crippen molar-refractivity contribution in [2.75, 3.05) is 0 Å². The van der Waals surface area contributed by atoms with E-state index in [1.165, 1.54) is 11.8 Å². The normalized spacial score (nSPS) is 10.7. The smallest absolute Gasteiger partial charge is 0.120 e. The fraction of sp³-hybridized carbons (Fsp3) is 0.133. The average Bonchev–Trinajstić information content (AvgIpc) is 2.39. The molecule has 0 aliphatic carbocycles. The van der Waals surface area contributed by atoms with E-state index in [9.17, 15) is 0 Å². The molecule has 1 N–H and O–H groups in total. The highest BCUT2D eigenvalue weighted by atomic mass is 16.5. The summed E-state index contributed by atoms with van der Waals surface area (Å²) in [5.41, 5.74) is 3.17. The van der Waals surface area contributed by atoms with Gasteiger partial charge >= 0.3 is 0 Å². The molecule has 3 heteroatoms. The van der Waals surface area contributed by atoms with Crippen molar-refractivity contribution in [2.24, 2.45) is 5.16 Å². The monoisotopic (exact) mass is 241 g/mol. The maximum Gasteiger partial charge on any atom is 0.120 e. The number of rotatable bonds is 4. The first-order chi connectivity index (χ1) is 8.78. The van der Waals surface area contributed by atoms with E-state index in [1.54, 1.807) is 0 Å². The Morgan fingerprint density at radius 2 is 1.94 bits per heavy atom. The zero-order chi connectivity index (χ0) is 12.8. The lowest BCUT2D eigenvalue weighted by Gasteiger charge is -2.07. The van der Waals surface area contributed by atoms with Gasteiger partial charge in [0.05, 0.1) is 6.21 Å². The number of hydrogen-bond donors (Lipinski definition) is 1. The van der Waals surface area contributed by atoms with Crippen molar-refractivity contribution in [1.82, 2.24) is 0 Å². The summed E-state index contributed by atoms with van der Waals surface area (Å²) in [4.78, 5) is 0. The lowest BCUT2D eigenvalue weighted by atomic mass is 10.2. The number of aryl methyl sites for hydroxylation is 1. The van der Waals surface area contributed by atoms with Crippen LogP contribution in [0.3, 0.4) is 0 Å². The Bertz CT molecular complexity index is 532. The van der Waals surface area contributed by atoms with Crippen LogP contribution in [0.1, 0.15) is 16.7 Å². The minimum atomic E-state index is 0.528. The molecule has 0 fully saturated rings. The van der Waals surface area contributed by atoms with Gasteiger partial charge in [0.1, 0.15) is 12.4 Å². The molecule has 0 atom stereocenters. The molecular weight excluding hydrogens is 226 g/mol. The molecule has 0 saturated heterocycles. The van der Waals surface area contributed by atoms with Crippen molar-refractivity contribution in [1.29, 1.82) is 0 Å². The second-order valence-electron chi connectivity index (χ2n) is 4.09. The van der Waals surface area contributed by atoms with Crippen molar-refractivity contribution in [3.05, 3.63) is 65.2 Å². The van der Waals surface area contributed by atoms with Crippen LogP contribution < -0.4 is 4.74 Å². The lowest BCUT2D eigenvalue weighted by molar-refractivity contribution is 0.306. The predicted molar refractivity (Wildman–Crippen MR) is 71.3 cm³/mol. The molecule has 0 aliphatic heterocycles. The molecule has 2 aromatic carbocycles. The van der Waals surface area contributed by atoms with Crippen molar-refractivity contribution < 1.29 is 9.94 Å². The summed E-state index contributed by atoms with van der Waals surface area (Å²) in [6.45, 7) is 2.59. The quantitative estimate of drug-likeness (QED) is 0.506. The average molecular weight is 241 g/mol. The van der Waals surface area contributed by atoms with Crippen molar-refractivity contribution in [2.45, 2.75) is 13.5 Å². The largest absolute Gasteiger partial charge is 0.489 e. The molecule has 0 bridgehead atoms. The van der Waals surface area contributed by atoms with Crippen LogP contribution in [0.2, 0.25) is 0 Å². The summed E-state index contributed by atoms with van der Waals surface area (Å²) in [6.07, 6.45) is 1.37. The molecular formula is C15H15NO2. The summed E-state index contributed by atoms with van der Waals surface area (Å²) in [5.74, 6) is 0.757. The molecule has 0 heterocycles. The summed E-state index contributed by atoms with van der Waals surface area (Å²) in [5, 5.41) is 11.5. The van der Waals surface area contributed by atoms with Gasteiger partial charge in [0, 0.05) is 0 Å². The molecule has 0 spiro atoms. The predicted octanol–water partition coefficient (Wildman–Crippen LogP) is 3.38. The molecule has 0 aliphatic rings. The highest BCUT2D eigenvalue weighted by molar-refractivity contribution is 5.79. The minimum Gasteiger partial charge on any atom is -0.489 e. The fourth-order valence-electron chi connectivity index (χ4n) is 1.60. The first-order valence-corrected chi connectivity index (χ1v) is 5.74. The van der Waals surface area contributed by atoms with Gasteiger partial charge in [-0.1, -0.05) is 47.1 Å². The van der Waals surface area contributed by atoms with E-state index in [1.807, 2.05) is 36.4 Å². The van der Waals surface area contributed by atoms with Crippen LogP contribution in [0.5, 0.6) is 5.75 Å². The van der Waals surface area contributed by atoms with Crippen molar-refractivity contribution in [3.63, 3.8) is 0 Å². The zero-order valence-corrected chi connectivity index (χ0v) is 10.2. The van der Waals surface area contributed by atoms with Crippen LogP contribution in [0, 0.1) is 6.92 Å². The molecule has 0 radical (unpaired) electrons.